The molecule has 0 aromatic carbocycles. The summed E-state index contributed by atoms with van der Waals surface area (Å²) in [5.41, 5.74) is -1.66. The fraction of sp³-hybridized carbons (Fsp3) is 1.00. The van der Waals surface area contributed by atoms with Gasteiger partial charge in [0.25, 0.3) is 0 Å². The molecule has 0 aromatic rings. The first-order valence-corrected chi connectivity index (χ1v) is 25.7. The van der Waals surface area contributed by atoms with Gasteiger partial charge >= 0.3 is 0 Å². The van der Waals surface area contributed by atoms with Gasteiger partial charge < -0.3 is 30.6 Å². The summed E-state index contributed by atoms with van der Waals surface area (Å²) in [6, 6.07) is 0. The van der Waals surface area contributed by atoms with Gasteiger partial charge in [-0.1, -0.05) is 218 Å². The maximum atomic E-state index is 10.7. The second-order valence-corrected chi connectivity index (χ2v) is 19.0. The number of hydrogen-bond donors (Lipinski definition) is 6. The van der Waals surface area contributed by atoms with Crippen LogP contribution in [0.15, 0.2) is 0 Å². The van der Waals surface area contributed by atoms with Gasteiger partial charge in [0.15, 0.2) is 0 Å². The van der Waals surface area contributed by atoms with Crippen molar-refractivity contribution in [3.8, 4) is 0 Å². The lowest BCUT2D eigenvalue weighted by Gasteiger charge is -2.62. The van der Waals surface area contributed by atoms with Gasteiger partial charge in [-0.05, 0) is 67.6 Å². The SMILES string of the molecule is OCCC1(CCO)CCCCCCCCCCCCCCCCCCCCCCCCCCCCCCCCCCCCC(CCO)(CCO)C1(CCO)CCO. The van der Waals surface area contributed by atoms with Crippen LogP contribution in [0.25, 0.3) is 0 Å². The predicted molar refractivity (Wildman–Crippen MR) is 244 cm³/mol. The molecule has 1 rings (SSSR count). The Morgan fingerprint density at radius 3 is 0.474 bits per heavy atom. The number of rotatable bonds is 12. The summed E-state index contributed by atoms with van der Waals surface area (Å²) in [4.78, 5) is 0. The van der Waals surface area contributed by atoms with E-state index < -0.39 is 16.2 Å². The van der Waals surface area contributed by atoms with Crippen LogP contribution in [0.3, 0.4) is 0 Å². The zero-order valence-electron chi connectivity index (χ0n) is 38.1. The second-order valence-electron chi connectivity index (χ2n) is 19.0. The van der Waals surface area contributed by atoms with E-state index in [0.717, 1.165) is 38.5 Å². The van der Waals surface area contributed by atoms with E-state index in [9.17, 15) is 30.6 Å². The van der Waals surface area contributed by atoms with Crippen LogP contribution in [-0.2, 0) is 0 Å². The van der Waals surface area contributed by atoms with Gasteiger partial charge in [-0.15, -0.1) is 0 Å². The smallest absolute Gasteiger partial charge is 0.0436 e. The van der Waals surface area contributed by atoms with E-state index in [1.807, 2.05) is 0 Å². The normalized spacial score (nSPS) is 23.1. The van der Waals surface area contributed by atoms with Crippen LogP contribution < -0.4 is 0 Å². The molecule has 6 N–H and O–H groups in total. The molecule has 0 saturated heterocycles. The summed E-state index contributed by atoms with van der Waals surface area (Å²) in [6.07, 6.45) is 49.7. The van der Waals surface area contributed by atoms with Crippen molar-refractivity contribution in [2.24, 2.45) is 16.2 Å². The van der Waals surface area contributed by atoms with Crippen molar-refractivity contribution in [2.45, 2.75) is 270 Å². The summed E-state index contributed by atoms with van der Waals surface area (Å²) < 4.78 is 0. The molecule has 1 saturated carbocycles. The molecule has 1 aliphatic carbocycles. The van der Waals surface area contributed by atoms with Crippen molar-refractivity contribution in [3.63, 3.8) is 0 Å². The molecule has 0 aliphatic heterocycles. The monoisotopic (exact) mass is 811 g/mol. The van der Waals surface area contributed by atoms with Crippen LogP contribution in [0.4, 0.5) is 0 Å². The molecule has 0 aromatic heterocycles. The van der Waals surface area contributed by atoms with E-state index >= 15 is 0 Å². The lowest BCUT2D eigenvalue weighted by Crippen LogP contribution is -2.56. The zero-order valence-corrected chi connectivity index (χ0v) is 38.1. The van der Waals surface area contributed by atoms with Crippen molar-refractivity contribution >= 4 is 0 Å². The lowest BCUT2D eigenvalue weighted by molar-refractivity contribution is -0.159. The van der Waals surface area contributed by atoms with Gasteiger partial charge in [0, 0.05) is 39.6 Å². The van der Waals surface area contributed by atoms with Crippen molar-refractivity contribution in [2.75, 3.05) is 39.6 Å². The minimum absolute atomic E-state index is 0.0209. The summed E-state index contributed by atoms with van der Waals surface area (Å²) in [5, 5.41) is 63.9. The lowest BCUT2D eigenvalue weighted by atomic mass is 9.42. The van der Waals surface area contributed by atoms with Crippen molar-refractivity contribution in [1.29, 1.82) is 0 Å². The van der Waals surface area contributed by atoms with Gasteiger partial charge in [0.05, 0.1) is 0 Å². The number of hydrogen-bond acceptors (Lipinski definition) is 6. The highest BCUT2D eigenvalue weighted by Gasteiger charge is 2.59. The van der Waals surface area contributed by atoms with Crippen LogP contribution in [0.2, 0.25) is 0 Å². The van der Waals surface area contributed by atoms with Gasteiger partial charge in [0.2, 0.25) is 0 Å². The molecule has 0 unspecified atom stereocenters. The second kappa shape index (κ2) is 38.7. The molecule has 0 amide bonds. The third-order valence-electron chi connectivity index (χ3n) is 15.0. The Morgan fingerprint density at radius 1 is 0.193 bits per heavy atom. The van der Waals surface area contributed by atoms with Crippen molar-refractivity contribution < 1.29 is 30.6 Å². The van der Waals surface area contributed by atoms with E-state index in [2.05, 4.69) is 0 Å². The Balaban J connectivity index is 2.95. The minimum atomic E-state index is -0.631. The Morgan fingerprint density at radius 2 is 0.333 bits per heavy atom. The fourth-order valence-electron chi connectivity index (χ4n) is 11.8. The molecule has 6 heteroatoms. The molecule has 0 heterocycles. The highest BCUT2D eigenvalue weighted by atomic mass is 16.3. The van der Waals surface area contributed by atoms with E-state index in [-0.39, 0.29) is 39.6 Å². The summed E-state index contributed by atoms with van der Waals surface area (Å²) in [5.74, 6) is 0. The third kappa shape index (κ3) is 23.5. The van der Waals surface area contributed by atoms with Gasteiger partial charge in [0.1, 0.15) is 0 Å². The molecule has 57 heavy (non-hydrogen) atoms. The average Bonchev–Trinajstić information content (AvgIpc) is 3.20. The average molecular weight is 811 g/mol. The maximum absolute atomic E-state index is 10.7. The third-order valence-corrected chi connectivity index (χ3v) is 15.0. The van der Waals surface area contributed by atoms with Crippen LogP contribution in [-0.4, -0.2) is 70.3 Å². The molecule has 0 spiro atoms. The minimum Gasteiger partial charge on any atom is -0.396 e. The van der Waals surface area contributed by atoms with Crippen LogP contribution in [0, 0.1) is 16.2 Å². The standard InChI is InChI=1S/C51H102O6/c52-43-37-49(38-44-53)35-33-31-29-27-25-23-21-19-17-15-13-11-9-7-5-3-1-2-4-6-8-10-12-14-16-18-20-22-24-26-28-30-32-34-36-50(39-45-54,40-46-55)51(49,41-47-56)42-48-57/h52-57H,1-48H2. The van der Waals surface area contributed by atoms with E-state index in [4.69, 9.17) is 0 Å². The van der Waals surface area contributed by atoms with E-state index in [1.54, 1.807) is 0 Å². The largest absolute Gasteiger partial charge is 0.396 e. The first-order valence-electron chi connectivity index (χ1n) is 25.7. The maximum Gasteiger partial charge on any atom is 0.0436 e. The van der Waals surface area contributed by atoms with Crippen LogP contribution in [0.1, 0.15) is 270 Å². The van der Waals surface area contributed by atoms with E-state index in [1.165, 1.54) is 193 Å². The molecular weight excluding hydrogens is 709 g/mol. The molecule has 0 bridgehead atoms. The van der Waals surface area contributed by atoms with Crippen molar-refractivity contribution in [3.05, 3.63) is 0 Å². The Kier molecular flexibility index (Phi) is 37.2. The number of aliphatic hydroxyl groups is 6. The zero-order chi connectivity index (χ0) is 41.4. The van der Waals surface area contributed by atoms with Crippen LogP contribution in [0.5, 0.6) is 0 Å². The van der Waals surface area contributed by atoms with E-state index in [0.29, 0.717) is 38.5 Å². The van der Waals surface area contributed by atoms with Gasteiger partial charge in [-0.2, -0.15) is 0 Å². The quantitative estimate of drug-likeness (QED) is 0.117. The molecular formula is C51H102O6. The topological polar surface area (TPSA) is 121 Å². The summed E-state index contributed by atoms with van der Waals surface area (Å²) in [6.45, 7) is -0.200. The molecule has 0 radical (unpaired) electrons. The Bertz CT molecular complexity index is 742. The summed E-state index contributed by atoms with van der Waals surface area (Å²) in [7, 11) is 0. The Hall–Kier alpha value is -0.240. The van der Waals surface area contributed by atoms with Gasteiger partial charge in [-0.3, -0.25) is 0 Å². The predicted octanol–water partition coefficient (Wildman–Crippen LogP) is 13.3. The summed E-state index contributed by atoms with van der Waals surface area (Å²) >= 11 is 0. The first-order chi connectivity index (χ1) is 28.1. The molecule has 342 valence electrons. The van der Waals surface area contributed by atoms with Crippen molar-refractivity contribution in [1.82, 2.24) is 0 Å². The Labute approximate surface area is 355 Å². The molecule has 6 nitrogen and oxygen atoms in total. The molecule has 1 aliphatic rings. The first kappa shape index (κ1) is 54.8. The fourth-order valence-corrected chi connectivity index (χ4v) is 11.8. The molecule has 1 fully saturated rings. The number of aliphatic hydroxyl groups excluding tert-OH is 6. The van der Waals surface area contributed by atoms with Crippen LogP contribution >= 0.6 is 0 Å². The highest BCUT2D eigenvalue weighted by molar-refractivity contribution is 5.08. The van der Waals surface area contributed by atoms with Gasteiger partial charge in [-0.25, -0.2) is 0 Å². The molecule has 0 atom stereocenters. The highest BCUT2D eigenvalue weighted by Crippen LogP contribution is 2.65.